The Morgan fingerprint density at radius 2 is 2.20 bits per heavy atom. The molecule has 1 atom stereocenters. The minimum atomic E-state index is 0.246. The van der Waals surface area contributed by atoms with Gasteiger partial charge in [-0.25, -0.2) is 0 Å². The second-order valence-electron chi connectivity index (χ2n) is 5.61. The first-order valence-corrected chi connectivity index (χ1v) is 7.78. The minimum absolute atomic E-state index is 0.246. The van der Waals surface area contributed by atoms with Crippen molar-refractivity contribution in [3.63, 3.8) is 0 Å². The summed E-state index contributed by atoms with van der Waals surface area (Å²) in [7, 11) is 1.98. The van der Waals surface area contributed by atoms with E-state index in [0.29, 0.717) is 12.0 Å². The average molecular weight is 335 g/mol. The molecule has 1 fully saturated rings. The number of nitrogens with zero attached hydrogens (tertiary/aromatic N) is 3. The molecule has 1 N–H and O–H groups in total. The molecule has 1 aromatic heterocycles. The summed E-state index contributed by atoms with van der Waals surface area (Å²) in [5.41, 5.74) is 1.43. The lowest BCUT2D eigenvalue weighted by Crippen LogP contribution is -2.41. The molecule has 1 aliphatic carbocycles. The lowest BCUT2D eigenvalue weighted by atomic mass is 9.75. The molecule has 1 aliphatic rings. The Hall–Kier alpha value is -1.20. The highest BCUT2D eigenvalue weighted by molar-refractivity contribution is 9.10. The van der Waals surface area contributed by atoms with Gasteiger partial charge < -0.3 is 9.88 Å². The van der Waals surface area contributed by atoms with E-state index in [1.807, 2.05) is 11.6 Å². The van der Waals surface area contributed by atoms with E-state index >= 15 is 0 Å². The van der Waals surface area contributed by atoms with Gasteiger partial charge in [0.25, 0.3) is 0 Å². The molecule has 1 aromatic carbocycles. The van der Waals surface area contributed by atoms with Gasteiger partial charge >= 0.3 is 0 Å². The van der Waals surface area contributed by atoms with Crippen LogP contribution in [0.3, 0.4) is 0 Å². The molecule has 2 aromatic rings. The van der Waals surface area contributed by atoms with Crippen LogP contribution in [0.1, 0.15) is 43.1 Å². The van der Waals surface area contributed by atoms with Gasteiger partial charge in [0, 0.05) is 17.6 Å². The Morgan fingerprint density at radius 3 is 2.85 bits per heavy atom. The van der Waals surface area contributed by atoms with Crippen molar-refractivity contribution in [3.8, 4) is 0 Å². The first-order valence-electron chi connectivity index (χ1n) is 6.99. The van der Waals surface area contributed by atoms with Crippen LogP contribution < -0.4 is 5.32 Å². The quantitative estimate of drug-likeness (QED) is 0.933. The van der Waals surface area contributed by atoms with Gasteiger partial charge in [-0.05, 0) is 43.4 Å². The van der Waals surface area contributed by atoms with Crippen molar-refractivity contribution in [1.82, 2.24) is 20.1 Å². The predicted octanol–water partition coefficient (Wildman–Crippen LogP) is 3.17. The molecule has 106 valence electrons. The van der Waals surface area contributed by atoms with Gasteiger partial charge in [-0.1, -0.05) is 28.1 Å². The molecule has 4 nitrogen and oxygen atoms in total. The van der Waals surface area contributed by atoms with Gasteiger partial charge in [-0.3, -0.25) is 0 Å². The number of hydrogen-bond donors (Lipinski definition) is 1. The maximum atomic E-state index is 4.16. The van der Waals surface area contributed by atoms with Crippen LogP contribution in [0, 0.1) is 0 Å². The molecule has 1 saturated carbocycles. The largest absolute Gasteiger partial charge is 0.319 e. The number of aryl methyl sites for hydroxylation is 1. The van der Waals surface area contributed by atoms with E-state index < -0.39 is 0 Å². The van der Waals surface area contributed by atoms with Crippen LogP contribution in [-0.2, 0) is 7.05 Å². The molecule has 1 unspecified atom stereocenters. The van der Waals surface area contributed by atoms with Crippen LogP contribution in [0.4, 0.5) is 0 Å². The minimum Gasteiger partial charge on any atom is -0.319 e. The van der Waals surface area contributed by atoms with E-state index in [-0.39, 0.29) is 6.04 Å². The lowest BCUT2D eigenvalue weighted by Gasteiger charge is -2.38. The molecule has 20 heavy (non-hydrogen) atoms. The molecule has 3 rings (SSSR count). The molecule has 0 amide bonds. The van der Waals surface area contributed by atoms with Gasteiger partial charge in [0.15, 0.2) is 0 Å². The van der Waals surface area contributed by atoms with Gasteiger partial charge in [-0.2, -0.15) is 0 Å². The summed E-state index contributed by atoms with van der Waals surface area (Å²) in [6.45, 7) is 2.15. The third-order valence-electron chi connectivity index (χ3n) is 4.08. The maximum Gasteiger partial charge on any atom is 0.149 e. The monoisotopic (exact) mass is 334 g/mol. The molecule has 0 bridgehead atoms. The third-order valence-corrected chi connectivity index (χ3v) is 4.57. The standard InChI is InChI=1S/C15H19BrN4/c1-10(15-19-17-9-20(15)2)18-14-7-12(8-14)11-4-3-5-13(16)6-11/h3-6,9-10,12,14,18H,7-8H2,1-2H3. The van der Waals surface area contributed by atoms with Crippen LogP contribution in [0.25, 0.3) is 0 Å². The molecule has 0 radical (unpaired) electrons. The zero-order valence-corrected chi connectivity index (χ0v) is 13.3. The number of aromatic nitrogens is 3. The summed E-state index contributed by atoms with van der Waals surface area (Å²) in [6.07, 6.45) is 4.13. The fourth-order valence-corrected chi connectivity index (χ4v) is 3.32. The van der Waals surface area contributed by atoms with Crippen LogP contribution in [0.5, 0.6) is 0 Å². The summed E-state index contributed by atoms with van der Waals surface area (Å²) < 4.78 is 3.14. The normalized spacial score (nSPS) is 23.4. The Kier molecular flexibility index (Phi) is 3.89. The highest BCUT2D eigenvalue weighted by atomic mass is 79.9. The van der Waals surface area contributed by atoms with Crippen LogP contribution in [-0.4, -0.2) is 20.8 Å². The van der Waals surface area contributed by atoms with Crippen LogP contribution in [0.2, 0.25) is 0 Å². The van der Waals surface area contributed by atoms with Crippen molar-refractivity contribution in [2.45, 2.75) is 37.8 Å². The second kappa shape index (κ2) is 5.66. The Morgan fingerprint density at radius 1 is 1.40 bits per heavy atom. The average Bonchev–Trinajstić information content (AvgIpc) is 2.79. The number of hydrogen-bond acceptors (Lipinski definition) is 3. The van der Waals surface area contributed by atoms with Crippen LogP contribution >= 0.6 is 15.9 Å². The van der Waals surface area contributed by atoms with Gasteiger partial charge in [0.05, 0.1) is 6.04 Å². The van der Waals surface area contributed by atoms with E-state index in [2.05, 4.69) is 62.6 Å². The highest BCUT2D eigenvalue weighted by Gasteiger charge is 2.31. The summed E-state index contributed by atoms with van der Waals surface area (Å²) in [5.74, 6) is 1.67. The van der Waals surface area contributed by atoms with E-state index in [4.69, 9.17) is 0 Å². The van der Waals surface area contributed by atoms with Crippen molar-refractivity contribution in [3.05, 3.63) is 46.5 Å². The number of halogens is 1. The SMILES string of the molecule is CC(NC1CC(c2cccc(Br)c2)C1)c1nncn1C. The molecule has 0 spiro atoms. The summed E-state index contributed by atoms with van der Waals surface area (Å²) in [6, 6.07) is 9.46. The molecule has 1 heterocycles. The Labute approximate surface area is 127 Å². The van der Waals surface area contributed by atoms with Crippen molar-refractivity contribution < 1.29 is 0 Å². The fourth-order valence-electron chi connectivity index (χ4n) is 2.90. The number of rotatable bonds is 4. The first kappa shape index (κ1) is 13.8. The van der Waals surface area contributed by atoms with Crippen molar-refractivity contribution in [2.24, 2.45) is 7.05 Å². The first-order chi connectivity index (χ1) is 9.63. The Bertz CT molecular complexity index is 589. The fraction of sp³-hybridized carbons (Fsp3) is 0.467. The third kappa shape index (κ3) is 2.79. The summed E-state index contributed by atoms with van der Waals surface area (Å²) in [5, 5.41) is 11.7. The van der Waals surface area contributed by atoms with Gasteiger partial charge in [0.1, 0.15) is 12.2 Å². The number of benzene rings is 1. The molecule has 0 aliphatic heterocycles. The predicted molar refractivity (Wildman–Crippen MR) is 82.5 cm³/mol. The van der Waals surface area contributed by atoms with E-state index in [9.17, 15) is 0 Å². The molecular formula is C15H19BrN4. The summed E-state index contributed by atoms with van der Waals surface area (Å²) >= 11 is 3.54. The zero-order valence-electron chi connectivity index (χ0n) is 11.8. The van der Waals surface area contributed by atoms with Crippen LogP contribution in [0.15, 0.2) is 35.1 Å². The van der Waals surface area contributed by atoms with Gasteiger partial charge in [0.2, 0.25) is 0 Å². The molecular weight excluding hydrogens is 316 g/mol. The van der Waals surface area contributed by atoms with Gasteiger partial charge in [-0.15, -0.1) is 10.2 Å². The van der Waals surface area contributed by atoms with E-state index in [1.54, 1.807) is 6.33 Å². The smallest absolute Gasteiger partial charge is 0.149 e. The van der Waals surface area contributed by atoms with Crippen molar-refractivity contribution in [2.75, 3.05) is 0 Å². The highest BCUT2D eigenvalue weighted by Crippen LogP contribution is 2.38. The molecule has 0 saturated heterocycles. The van der Waals surface area contributed by atoms with Crippen molar-refractivity contribution >= 4 is 15.9 Å². The number of nitrogens with one attached hydrogen (secondary N) is 1. The lowest BCUT2D eigenvalue weighted by molar-refractivity contribution is 0.266. The Balaban J connectivity index is 1.55. The second-order valence-corrected chi connectivity index (χ2v) is 6.52. The van der Waals surface area contributed by atoms with E-state index in [0.717, 1.165) is 5.82 Å². The topological polar surface area (TPSA) is 42.7 Å². The molecule has 5 heteroatoms. The van der Waals surface area contributed by atoms with E-state index in [1.165, 1.54) is 22.9 Å². The maximum absolute atomic E-state index is 4.16. The zero-order chi connectivity index (χ0) is 14.1. The summed E-state index contributed by atoms with van der Waals surface area (Å²) in [4.78, 5) is 0. The van der Waals surface area contributed by atoms with Crippen molar-refractivity contribution in [1.29, 1.82) is 0 Å².